The average molecular weight is 489 g/mol. The van der Waals surface area contributed by atoms with E-state index < -0.39 is 45.1 Å². The Hall–Kier alpha value is -4.04. The van der Waals surface area contributed by atoms with Crippen LogP contribution in [0.25, 0.3) is 0 Å². The Morgan fingerprint density at radius 3 is 2.17 bits per heavy atom. The van der Waals surface area contributed by atoms with Crippen molar-refractivity contribution < 1.29 is 24.0 Å². The van der Waals surface area contributed by atoms with Gasteiger partial charge in [0.15, 0.2) is 0 Å². The third-order valence-corrected chi connectivity index (χ3v) is 7.81. The fraction of sp³-hybridized carbons (Fsp3) is 0.192. The average Bonchev–Trinajstić information content (AvgIpc) is 3.11. The monoisotopic (exact) mass is 488 g/mol. The molecule has 0 saturated carbocycles. The molecule has 0 unspecified atom stereocenters. The van der Waals surface area contributed by atoms with Crippen molar-refractivity contribution >= 4 is 40.8 Å². The van der Waals surface area contributed by atoms with E-state index in [-0.39, 0.29) is 17.4 Å². The molecular weight excluding hydrogens is 472 g/mol. The molecule has 0 aromatic heterocycles. The first-order chi connectivity index (χ1) is 16.7. The first kappa shape index (κ1) is 21.5. The highest BCUT2D eigenvalue weighted by molar-refractivity contribution is 6.33. The molecule has 0 N–H and O–H groups in total. The van der Waals surface area contributed by atoms with Crippen LogP contribution in [0.5, 0.6) is 5.75 Å². The number of imide groups is 1. The summed E-state index contributed by atoms with van der Waals surface area (Å²) in [4.78, 5) is 49.7. The molecule has 174 valence electrons. The Kier molecular flexibility index (Phi) is 4.44. The number of rotatable bonds is 3. The quantitative estimate of drug-likeness (QED) is 0.136. The van der Waals surface area contributed by atoms with Gasteiger partial charge in [0, 0.05) is 18.9 Å². The summed E-state index contributed by atoms with van der Waals surface area (Å²) in [6.07, 6.45) is 0. The number of anilines is 1. The number of carbonyl (C=O) groups is 3. The molecule has 2 atom stereocenters. The molecule has 3 aromatic carbocycles. The van der Waals surface area contributed by atoms with Gasteiger partial charge in [0.1, 0.15) is 4.87 Å². The summed E-state index contributed by atoms with van der Waals surface area (Å²) >= 11 is 7.37. The van der Waals surface area contributed by atoms with Gasteiger partial charge in [-0.25, -0.2) is 4.90 Å². The van der Waals surface area contributed by atoms with E-state index >= 15 is 0 Å². The maximum absolute atomic E-state index is 13.9. The number of esters is 1. The predicted octanol–water partition coefficient (Wildman–Crippen LogP) is 4.27. The largest absolute Gasteiger partial charge is 0.419 e. The molecule has 2 amide bonds. The predicted molar refractivity (Wildman–Crippen MR) is 125 cm³/mol. The molecule has 7 rings (SSSR count). The van der Waals surface area contributed by atoms with Crippen LogP contribution in [-0.2, 0) is 19.3 Å². The third-order valence-electron chi connectivity index (χ3n) is 7.17. The van der Waals surface area contributed by atoms with Crippen molar-refractivity contribution in [3.05, 3.63) is 99.1 Å². The zero-order valence-electron chi connectivity index (χ0n) is 18.3. The van der Waals surface area contributed by atoms with Crippen LogP contribution in [0.1, 0.15) is 35.1 Å². The van der Waals surface area contributed by atoms with Crippen molar-refractivity contribution in [1.29, 1.82) is 0 Å². The molecule has 35 heavy (non-hydrogen) atoms. The molecular formula is C26H17ClN2O6. The van der Waals surface area contributed by atoms with E-state index in [1.54, 1.807) is 0 Å². The standard InChI is InChI=1S/C26H17ClN2O6/c1-13(30)35-20-11-10-14(12-19(20)29(33)34)28-24(31)22-21-15-6-2-4-8-17(15)26(27,23(22)25(28)32)18-9-5-3-7-16(18)21/h2-12,21-23H,1H3/t21?,22-,23+,26?/m1/s1. The highest BCUT2D eigenvalue weighted by atomic mass is 35.5. The summed E-state index contributed by atoms with van der Waals surface area (Å²) in [6.45, 7) is 1.13. The topological polar surface area (TPSA) is 107 Å². The second-order valence-corrected chi connectivity index (χ2v) is 9.48. The Morgan fingerprint density at radius 2 is 1.60 bits per heavy atom. The number of alkyl halides is 1. The van der Waals surface area contributed by atoms with Crippen LogP contribution in [-0.4, -0.2) is 22.7 Å². The van der Waals surface area contributed by atoms with E-state index in [1.165, 1.54) is 12.1 Å². The minimum Gasteiger partial charge on any atom is -0.419 e. The summed E-state index contributed by atoms with van der Waals surface area (Å²) in [5.74, 6) is -3.97. The molecule has 4 aliphatic rings. The smallest absolute Gasteiger partial charge is 0.313 e. The molecule has 0 radical (unpaired) electrons. The number of nitro groups is 1. The molecule has 1 heterocycles. The number of hydrogen-bond acceptors (Lipinski definition) is 6. The maximum Gasteiger partial charge on any atom is 0.313 e. The second kappa shape index (κ2) is 7.23. The molecule has 8 nitrogen and oxygen atoms in total. The van der Waals surface area contributed by atoms with Crippen LogP contribution in [0.4, 0.5) is 11.4 Å². The van der Waals surface area contributed by atoms with Gasteiger partial charge in [0.2, 0.25) is 17.6 Å². The summed E-state index contributed by atoms with van der Waals surface area (Å²) < 4.78 is 4.93. The van der Waals surface area contributed by atoms with Gasteiger partial charge in [-0.2, -0.15) is 0 Å². The molecule has 1 aliphatic heterocycles. The first-order valence-corrected chi connectivity index (χ1v) is 11.3. The Morgan fingerprint density at radius 1 is 1.00 bits per heavy atom. The van der Waals surface area contributed by atoms with Crippen molar-refractivity contribution in [3.63, 3.8) is 0 Å². The van der Waals surface area contributed by atoms with Gasteiger partial charge in [-0.05, 0) is 34.4 Å². The molecule has 3 aromatic rings. The van der Waals surface area contributed by atoms with Gasteiger partial charge >= 0.3 is 11.7 Å². The lowest BCUT2D eigenvalue weighted by Crippen LogP contribution is -2.50. The highest BCUT2D eigenvalue weighted by Gasteiger charge is 2.68. The van der Waals surface area contributed by atoms with Crippen LogP contribution >= 0.6 is 11.6 Å². The second-order valence-electron chi connectivity index (χ2n) is 8.88. The lowest BCUT2D eigenvalue weighted by molar-refractivity contribution is -0.385. The summed E-state index contributed by atoms with van der Waals surface area (Å²) in [6, 6.07) is 18.8. The van der Waals surface area contributed by atoms with Crippen molar-refractivity contribution in [2.75, 3.05) is 4.90 Å². The van der Waals surface area contributed by atoms with E-state index in [0.717, 1.165) is 40.1 Å². The maximum atomic E-state index is 13.9. The van der Waals surface area contributed by atoms with Gasteiger partial charge in [-0.3, -0.25) is 24.5 Å². The number of benzene rings is 3. The minimum atomic E-state index is -1.25. The Labute approximate surface area is 204 Å². The molecule has 1 fully saturated rings. The first-order valence-electron chi connectivity index (χ1n) is 11.0. The summed E-state index contributed by atoms with van der Waals surface area (Å²) in [5.41, 5.74) is 2.91. The molecule has 2 bridgehead atoms. The van der Waals surface area contributed by atoms with Gasteiger partial charge in [0.05, 0.1) is 22.4 Å². The normalized spacial score (nSPS) is 25.7. The zero-order chi connectivity index (χ0) is 24.6. The van der Waals surface area contributed by atoms with E-state index in [1.807, 2.05) is 48.5 Å². The van der Waals surface area contributed by atoms with Crippen molar-refractivity contribution in [1.82, 2.24) is 0 Å². The minimum absolute atomic E-state index is 0.0322. The van der Waals surface area contributed by atoms with Crippen molar-refractivity contribution in [2.24, 2.45) is 11.8 Å². The van der Waals surface area contributed by atoms with Crippen LogP contribution in [0, 0.1) is 22.0 Å². The molecule has 9 heteroatoms. The van der Waals surface area contributed by atoms with Crippen LogP contribution in [0.3, 0.4) is 0 Å². The van der Waals surface area contributed by atoms with E-state index in [0.29, 0.717) is 0 Å². The molecule has 1 saturated heterocycles. The van der Waals surface area contributed by atoms with Crippen molar-refractivity contribution in [3.8, 4) is 5.75 Å². The lowest BCUT2D eigenvalue weighted by atomic mass is 9.54. The van der Waals surface area contributed by atoms with E-state index in [4.69, 9.17) is 16.3 Å². The van der Waals surface area contributed by atoms with Gasteiger partial charge in [-0.1, -0.05) is 48.5 Å². The van der Waals surface area contributed by atoms with Crippen LogP contribution in [0.15, 0.2) is 66.7 Å². The number of ether oxygens (including phenoxy) is 1. The Balaban J connectivity index is 1.52. The number of halogens is 1. The van der Waals surface area contributed by atoms with E-state index in [9.17, 15) is 24.5 Å². The van der Waals surface area contributed by atoms with Gasteiger partial charge in [-0.15, -0.1) is 11.6 Å². The van der Waals surface area contributed by atoms with Gasteiger partial charge in [0.25, 0.3) is 0 Å². The number of nitrogens with zero attached hydrogens (tertiary/aromatic N) is 2. The fourth-order valence-corrected chi connectivity index (χ4v) is 6.54. The SMILES string of the molecule is CC(=O)Oc1ccc(N2C(=O)[C@@H]3C4c5ccccc5C(Cl)(c5ccccc54)[C@@H]3C2=O)cc1[N+](=O)[O-]. The summed E-state index contributed by atoms with van der Waals surface area (Å²) in [5, 5.41) is 11.7. The highest BCUT2D eigenvalue weighted by Crippen LogP contribution is 2.65. The molecule has 0 spiro atoms. The zero-order valence-corrected chi connectivity index (χ0v) is 19.1. The van der Waals surface area contributed by atoms with E-state index in [2.05, 4.69) is 0 Å². The Bertz CT molecular complexity index is 1440. The summed E-state index contributed by atoms with van der Waals surface area (Å²) in [7, 11) is 0. The third kappa shape index (κ3) is 2.71. The number of carbonyl (C=O) groups excluding carboxylic acids is 3. The molecule has 3 aliphatic carbocycles. The van der Waals surface area contributed by atoms with Crippen LogP contribution in [0.2, 0.25) is 0 Å². The number of hydrogen-bond donors (Lipinski definition) is 0. The van der Waals surface area contributed by atoms with Crippen molar-refractivity contribution in [2.45, 2.75) is 17.7 Å². The fourth-order valence-electron chi connectivity index (χ4n) is 5.96. The van der Waals surface area contributed by atoms with Gasteiger partial charge < -0.3 is 4.74 Å². The lowest BCUT2D eigenvalue weighted by Gasteiger charge is -2.50. The van der Waals surface area contributed by atoms with Crippen LogP contribution < -0.4 is 9.64 Å². The number of amides is 2. The number of nitro benzene ring substituents is 1.